The van der Waals surface area contributed by atoms with Crippen LogP contribution in [-0.4, -0.2) is 45.6 Å². The van der Waals surface area contributed by atoms with E-state index in [1.54, 1.807) is 22.7 Å². The molecule has 0 aliphatic carbocycles. The Morgan fingerprint density at radius 3 is 2.65 bits per heavy atom. The van der Waals surface area contributed by atoms with Crippen LogP contribution < -0.4 is 5.32 Å². The minimum Gasteiger partial charge on any atom is -0.341 e. The number of nitrogens with zero attached hydrogens (tertiary/aromatic N) is 3. The number of hydrogen-bond donors (Lipinski definition) is 1. The first kappa shape index (κ1) is 15.0. The lowest BCUT2D eigenvalue weighted by Crippen LogP contribution is -2.46. The van der Waals surface area contributed by atoms with Crippen LogP contribution in [0.5, 0.6) is 0 Å². The zero-order valence-electron chi connectivity index (χ0n) is 11.7. The molecule has 7 heteroatoms. The molecule has 6 nitrogen and oxygen atoms in total. The van der Waals surface area contributed by atoms with Crippen molar-refractivity contribution < 1.29 is 9.59 Å². The van der Waals surface area contributed by atoms with Crippen LogP contribution in [0, 0.1) is 0 Å². The van der Waals surface area contributed by atoms with Gasteiger partial charge < -0.3 is 10.2 Å². The number of rotatable bonds is 4. The SMILES string of the molecule is CCn1cc(Br)c(C(=O)N[C@@H](C)C(=O)N2CCCC2)n1. The van der Waals surface area contributed by atoms with E-state index in [1.165, 1.54) is 0 Å². The summed E-state index contributed by atoms with van der Waals surface area (Å²) in [6.45, 7) is 5.92. The Bertz CT molecular complexity index is 508. The van der Waals surface area contributed by atoms with Crippen molar-refractivity contribution in [3.8, 4) is 0 Å². The average molecular weight is 343 g/mol. The summed E-state index contributed by atoms with van der Waals surface area (Å²) in [7, 11) is 0. The van der Waals surface area contributed by atoms with E-state index in [-0.39, 0.29) is 11.8 Å². The van der Waals surface area contributed by atoms with Gasteiger partial charge in [-0.05, 0) is 42.6 Å². The van der Waals surface area contributed by atoms with Gasteiger partial charge in [-0.15, -0.1) is 0 Å². The minimum atomic E-state index is -0.528. The Kier molecular flexibility index (Phi) is 4.80. The van der Waals surface area contributed by atoms with Gasteiger partial charge in [-0.3, -0.25) is 14.3 Å². The van der Waals surface area contributed by atoms with Crippen LogP contribution in [-0.2, 0) is 11.3 Å². The topological polar surface area (TPSA) is 67.2 Å². The first-order valence-corrected chi connectivity index (χ1v) is 7.64. The van der Waals surface area contributed by atoms with Crippen LogP contribution in [0.15, 0.2) is 10.7 Å². The van der Waals surface area contributed by atoms with E-state index in [1.807, 2.05) is 6.92 Å². The van der Waals surface area contributed by atoms with Crippen LogP contribution in [0.3, 0.4) is 0 Å². The lowest BCUT2D eigenvalue weighted by atomic mass is 10.2. The fourth-order valence-electron chi connectivity index (χ4n) is 2.25. The normalized spacial score (nSPS) is 16.2. The zero-order valence-corrected chi connectivity index (χ0v) is 13.3. The van der Waals surface area contributed by atoms with Gasteiger partial charge in [0.1, 0.15) is 6.04 Å². The lowest BCUT2D eigenvalue weighted by molar-refractivity contribution is -0.131. The van der Waals surface area contributed by atoms with Gasteiger partial charge in [-0.2, -0.15) is 5.10 Å². The first-order chi connectivity index (χ1) is 9.52. The third-order valence-corrected chi connectivity index (χ3v) is 3.97. The number of hydrogen-bond acceptors (Lipinski definition) is 3. The highest BCUT2D eigenvalue weighted by atomic mass is 79.9. The number of nitrogens with one attached hydrogen (secondary N) is 1. The molecule has 1 aromatic heterocycles. The second-order valence-corrected chi connectivity index (χ2v) is 5.76. The van der Waals surface area contributed by atoms with Crippen LogP contribution in [0.1, 0.15) is 37.2 Å². The molecule has 20 heavy (non-hydrogen) atoms. The fraction of sp³-hybridized carbons (Fsp3) is 0.615. The van der Waals surface area contributed by atoms with Gasteiger partial charge >= 0.3 is 0 Å². The van der Waals surface area contributed by atoms with Crippen molar-refractivity contribution in [2.75, 3.05) is 13.1 Å². The van der Waals surface area contributed by atoms with Gasteiger partial charge in [0.2, 0.25) is 5.91 Å². The molecule has 0 unspecified atom stereocenters. The highest BCUT2D eigenvalue weighted by molar-refractivity contribution is 9.10. The first-order valence-electron chi connectivity index (χ1n) is 6.85. The molecule has 1 atom stereocenters. The number of carbonyl (C=O) groups is 2. The fourth-order valence-corrected chi connectivity index (χ4v) is 2.75. The Balaban J connectivity index is 1.99. The number of halogens is 1. The molecule has 1 saturated heterocycles. The lowest BCUT2D eigenvalue weighted by Gasteiger charge is -2.20. The molecule has 1 fully saturated rings. The average Bonchev–Trinajstić information content (AvgIpc) is 3.06. The van der Waals surface area contributed by atoms with Gasteiger partial charge in [-0.25, -0.2) is 0 Å². The van der Waals surface area contributed by atoms with Crippen molar-refractivity contribution in [1.29, 1.82) is 0 Å². The summed E-state index contributed by atoms with van der Waals surface area (Å²) in [6.07, 6.45) is 3.83. The van der Waals surface area contributed by atoms with Gasteiger partial charge in [0.05, 0.1) is 4.47 Å². The monoisotopic (exact) mass is 342 g/mol. The molecule has 0 saturated carbocycles. The summed E-state index contributed by atoms with van der Waals surface area (Å²) in [5.74, 6) is -0.356. The molecule has 110 valence electrons. The van der Waals surface area contributed by atoms with Crippen molar-refractivity contribution in [2.24, 2.45) is 0 Å². The van der Waals surface area contributed by atoms with E-state index in [0.29, 0.717) is 16.7 Å². The summed E-state index contributed by atoms with van der Waals surface area (Å²) in [6, 6.07) is -0.528. The standard InChI is InChI=1S/C13H19BrN4O2/c1-3-18-8-10(14)11(16-18)12(19)15-9(2)13(20)17-6-4-5-7-17/h8-9H,3-7H2,1-2H3,(H,15,19)/t9-/m0/s1. The minimum absolute atomic E-state index is 0.0260. The van der Waals surface area contributed by atoms with Crippen molar-refractivity contribution >= 4 is 27.7 Å². The smallest absolute Gasteiger partial charge is 0.273 e. The molecule has 0 spiro atoms. The second-order valence-electron chi connectivity index (χ2n) is 4.91. The maximum atomic E-state index is 12.1. The van der Waals surface area contributed by atoms with E-state index in [4.69, 9.17) is 0 Å². The van der Waals surface area contributed by atoms with Crippen molar-refractivity contribution in [3.63, 3.8) is 0 Å². The predicted octanol–water partition coefficient (Wildman–Crippen LogP) is 1.41. The summed E-state index contributed by atoms with van der Waals surface area (Å²) in [5.41, 5.74) is 0.313. The van der Waals surface area contributed by atoms with E-state index < -0.39 is 6.04 Å². The molecular formula is C13H19BrN4O2. The van der Waals surface area contributed by atoms with E-state index in [0.717, 1.165) is 25.9 Å². The number of aryl methyl sites for hydroxylation is 1. The third kappa shape index (κ3) is 3.20. The molecule has 1 aromatic rings. The summed E-state index contributed by atoms with van der Waals surface area (Å²) < 4.78 is 2.31. The van der Waals surface area contributed by atoms with Crippen LogP contribution in [0.2, 0.25) is 0 Å². The molecule has 2 amide bonds. The van der Waals surface area contributed by atoms with Crippen molar-refractivity contribution in [3.05, 3.63) is 16.4 Å². The highest BCUT2D eigenvalue weighted by Crippen LogP contribution is 2.15. The zero-order chi connectivity index (χ0) is 14.7. The predicted molar refractivity (Wildman–Crippen MR) is 78.3 cm³/mol. The van der Waals surface area contributed by atoms with Gasteiger partial charge in [0.25, 0.3) is 5.91 Å². The second kappa shape index (κ2) is 6.39. The van der Waals surface area contributed by atoms with E-state index in [2.05, 4.69) is 26.3 Å². The van der Waals surface area contributed by atoms with Gasteiger partial charge in [0, 0.05) is 25.8 Å². The molecule has 0 radical (unpaired) electrons. The van der Waals surface area contributed by atoms with Crippen LogP contribution in [0.25, 0.3) is 0 Å². The van der Waals surface area contributed by atoms with Crippen LogP contribution in [0.4, 0.5) is 0 Å². The summed E-state index contributed by atoms with van der Waals surface area (Å²) in [4.78, 5) is 26.1. The van der Waals surface area contributed by atoms with Gasteiger partial charge in [-0.1, -0.05) is 0 Å². The molecule has 2 heterocycles. The summed E-state index contributed by atoms with van der Waals surface area (Å²) >= 11 is 3.31. The largest absolute Gasteiger partial charge is 0.341 e. The van der Waals surface area contributed by atoms with E-state index >= 15 is 0 Å². The molecule has 0 bridgehead atoms. The molecule has 0 aromatic carbocycles. The highest BCUT2D eigenvalue weighted by Gasteiger charge is 2.26. The number of amides is 2. The Hall–Kier alpha value is -1.37. The van der Waals surface area contributed by atoms with Crippen LogP contribution >= 0.6 is 15.9 Å². The number of carbonyl (C=O) groups excluding carboxylic acids is 2. The molecule has 1 aliphatic heterocycles. The third-order valence-electron chi connectivity index (χ3n) is 3.39. The molecule has 2 rings (SSSR count). The maximum absolute atomic E-state index is 12.1. The van der Waals surface area contributed by atoms with Gasteiger partial charge in [0.15, 0.2) is 5.69 Å². The van der Waals surface area contributed by atoms with Crippen molar-refractivity contribution in [1.82, 2.24) is 20.0 Å². The summed E-state index contributed by atoms with van der Waals surface area (Å²) in [5, 5.41) is 6.89. The number of aromatic nitrogens is 2. The number of likely N-dealkylation sites (tertiary alicyclic amines) is 1. The molecular weight excluding hydrogens is 324 g/mol. The molecule has 1 N–H and O–H groups in total. The Morgan fingerprint density at radius 2 is 2.10 bits per heavy atom. The maximum Gasteiger partial charge on any atom is 0.273 e. The Labute approximate surface area is 126 Å². The Morgan fingerprint density at radius 1 is 1.45 bits per heavy atom. The van der Waals surface area contributed by atoms with Crippen molar-refractivity contribution in [2.45, 2.75) is 39.3 Å². The quantitative estimate of drug-likeness (QED) is 0.899. The van der Waals surface area contributed by atoms with E-state index in [9.17, 15) is 9.59 Å². The molecule has 1 aliphatic rings.